The van der Waals surface area contributed by atoms with Crippen molar-refractivity contribution in [1.82, 2.24) is 4.98 Å². The highest BCUT2D eigenvalue weighted by atomic mass is 32.2. The molecule has 1 heterocycles. The number of anilines is 2. The second kappa shape index (κ2) is 7.73. The number of amides is 1. The molecule has 2 N–H and O–H groups in total. The molecular formula is C20H19N3O3S2. The predicted octanol–water partition coefficient (Wildman–Crippen LogP) is 4.08. The van der Waals surface area contributed by atoms with Gasteiger partial charge in [-0.15, -0.1) is 11.3 Å². The molecule has 0 bridgehead atoms. The first-order valence-electron chi connectivity index (χ1n) is 8.99. The van der Waals surface area contributed by atoms with Crippen molar-refractivity contribution in [2.45, 2.75) is 30.6 Å². The molecule has 8 heteroatoms. The Bertz CT molecular complexity index is 1070. The fourth-order valence-corrected chi connectivity index (χ4v) is 5.20. The van der Waals surface area contributed by atoms with E-state index in [-0.39, 0.29) is 10.8 Å². The van der Waals surface area contributed by atoms with E-state index in [2.05, 4.69) is 15.0 Å². The van der Waals surface area contributed by atoms with Gasteiger partial charge in [0.25, 0.3) is 15.9 Å². The van der Waals surface area contributed by atoms with Crippen molar-refractivity contribution in [3.8, 4) is 0 Å². The van der Waals surface area contributed by atoms with Gasteiger partial charge in [0.2, 0.25) is 0 Å². The molecule has 1 aliphatic rings. The van der Waals surface area contributed by atoms with Gasteiger partial charge in [-0.1, -0.05) is 18.2 Å². The third kappa shape index (κ3) is 4.07. The van der Waals surface area contributed by atoms with Gasteiger partial charge in [0, 0.05) is 16.1 Å². The summed E-state index contributed by atoms with van der Waals surface area (Å²) in [6, 6.07) is 14.5. The summed E-state index contributed by atoms with van der Waals surface area (Å²) in [7, 11) is -3.66. The number of nitrogens with zero attached hydrogens (tertiary/aromatic N) is 1. The fraction of sp³-hybridized carbons (Fsp3) is 0.200. The number of fused-ring (bicyclic) bond motifs is 1. The highest BCUT2D eigenvalue weighted by molar-refractivity contribution is 7.92. The maximum Gasteiger partial charge on any atom is 0.261 e. The molecule has 4 rings (SSSR count). The lowest BCUT2D eigenvalue weighted by molar-refractivity contribution is 0.102. The van der Waals surface area contributed by atoms with E-state index in [1.807, 2.05) is 0 Å². The zero-order chi connectivity index (χ0) is 19.6. The van der Waals surface area contributed by atoms with E-state index in [0.717, 1.165) is 25.0 Å². The van der Waals surface area contributed by atoms with Crippen molar-refractivity contribution in [3.63, 3.8) is 0 Å². The minimum Gasteiger partial charge on any atom is -0.298 e. The molecule has 0 fully saturated rings. The lowest BCUT2D eigenvalue weighted by Crippen LogP contribution is -2.14. The lowest BCUT2D eigenvalue weighted by Gasteiger charge is -2.08. The Balaban J connectivity index is 1.44. The number of hydrogen-bond donors (Lipinski definition) is 2. The van der Waals surface area contributed by atoms with Crippen LogP contribution in [0, 0.1) is 0 Å². The molecule has 0 saturated heterocycles. The van der Waals surface area contributed by atoms with Gasteiger partial charge in [0.05, 0.1) is 10.6 Å². The second-order valence-electron chi connectivity index (χ2n) is 6.55. The predicted molar refractivity (Wildman–Crippen MR) is 110 cm³/mol. The third-order valence-corrected chi connectivity index (χ3v) is 6.99. The molecule has 0 atom stereocenters. The van der Waals surface area contributed by atoms with Crippen molar-refractivity contribution >= 4 is 38.1 Å². The Morgan fingerprint density at radius 3 is 2.39 bits per heavy atom. The zero-order valence-corrected chi connectivity index (χ0v) is 16.6. The molecular weight excluding hydrogens is 394 g/mol. The number of aryl methyl sites for hydroxylation is 2. The van der Waals surface area contributed by atoms with Gasteiger partial charge in [-0.2, -0.15) is 0 Å². The fourth-order valence-electron chi connectivity index (χ4n) is 3.08. The Morgan fingerprint density at radius 2 is 1.68 bits per heavy atom. The van der Waals surface area contributed by atoms with Crippen LogP contribution in [0.2, 0.25) is 0 Å². The van der Waals surface area contributed by atoms with Crippen LogP contribution < -0.4 is 10.0 Å². The van der Waals surface area contributed by atoms with Crippen LogP contribution in [-0.4, -0.2) is 19.3 Å². The lowest BCUT2D eigenvalue weighted by atomic mass is 10.0. The summed E-state index contributed by atoms with van der Waals surface area (Å²) in [4.78, 5) is 18.4. The van der Waals surface area contributed by atoms with Gasteiger partial charge in [0.1, 0.15) is 0 Å². The highest BCUT2D eigenvalue weighted by Gasteiger charge is 2.17. The summed E-state index contributed by atoms with van der Waals surface area (Å²) < 4.78 is 27.2. The molecule has 0 aliphatic heterocycles. The van der Waals surface area contributed by atoms with Crippen LogP contribution in [0.1, 0.15) is 33.8 Å². The first kappa shape index (κ1) is 18.6. The van der Waals surface area contributed by atoms with Crippen LogP contribution in [0.15, 0.2) is 59.5 Å². The monoisotopic (exact) mass is 413 g/mol. The van der Waals surface area contributed by atoms with Crippen molar-refractivity contribution in [1.29, 1.82) is 0 Å². The van der Waals surface area contributed by atoms with Crippen molar-refractivity contribution in [3.05, 3.63) is 70.7 Å². The van der Waals surface area contributed by atoms with E-state index in [4.69, 9.17) is 0 Å². The van der Waals surface area contributed by atoms with Crippen molar-refractivity contribution in [2.75, 3.05) is 10.0 Å². The Labute approximate surface area is 167 Å². The molecule has 144 valence electrons. The SMILES string of the molecule is O=C(Nc1nc2c(s1)CCCC2)c1ccc(NS(=O)(=O)c2ccccc2)cc1. The number of aromatic nitrogens is 1. The Hall–Kier alpha value is -2.71. The van der Waals surface area contributed by atoms with E-state index >= 15 is 0 Å². The minimum atomic E-state index is -3.66. The maximum absolute atomic E-state index is 12.5. The molecule has 2 aromatic carbocycles. The topological polar surface area (TPSA) is 88.2 Å². The van der Waals surface area contributed by atoms with Crippen LogP contribution in [0.5, 0.6) is 0 Å². The van der Waals surface area contributed by atoms with Gasteiger partial charge >= 0.3 is 0 Å². The van der Waals surface area contributed by atoms with Crippen LogP contribution in [-0.2, 0) is 22.9 Å². The standard InChI is InChI=1S/C20H19N3O3S2/c24-19(22-20-21-17-8-4-5-9-18(17)27-20)14-10-12-15(13-11-14)23-28(25,26)16-6-2-1-3-7-16/h1-3,6-7,10-13,23H,4-5,8-9H2,(H,21,22,24). The third-order valence-electron chi connectivity index (χ3n) is 4.52. The number of rotatable bonds is 5. The quantitative estimate of drug-likeness (QED) is 0.660. The van der Waals surface area contributed by atoms with E-state index in [0.29, 0.717) is 16.4 Å². The molecule has 28 heavy (non-hydrogen) atoms. The number of sulfonamides is 1. The highest BCUT2D eigenvalue weighted by Crippen LogP contribution is 2.29. The van der Waals surface area contributed by atoms with Crippen molar-refractivity contribution < 1.29 is 13.2 Å². The molecule has 1 aromatic heterocycles. The van der Waals surface area contributed by atoms with Crippen LogP contribution >= 0.6 is 11.3 Å². The molecule has 6 nitrogen and oxygen atoms in total. The van der Waals surface area contributed by atoms with Gasteiger partial charge < -0.3 is 0 Å². The summed E-state index contributed by atoms with van der Waals surface area (Å²) in [6.45, 7) is 0. The zero-order valence-electron chi connectivity index (χ0n) is 15.0. The summed E-state index contributed by atoms with van der Waals surface area (Å²) in [5.41, 5.74) is 1.93. The molecule has 0 spiro atoms. The van der Waals surface area contributed by atoms with E-state index in [9.17, 15) is 13.2 Å². The number of thiazole rings is 1. The maximum atomic E-state index is 12.5. The smallest absolute Gasteiger partial charge is 0.261 e. The molecule has 0 saturated carbocycles. The minimum absolute atomic E-state index is 0.185. The average molecular weight is 414 g/mol. The normalized spacial score (nSPS) is 13.6. The largest absolute Gasteiger partial charge is 0.298 e. The Morgan fingerprint density at radius 1 is 0.964 bits per heavy atom. The summed E-state index contributed by atoms with van der Waals surface area (Å²) >= 11 is 1.53. The van der Waals surface area contributed by atoms with Gasteiger partial charge in [-0.05, 0) is 62.1 Å². The van der Waals surface area contributed by atoms with Gasteiger partial charge in [-0.3, -0.25) is 14.8 Å². The number of hydrogen-bond acceptors (Lipinski definition) is 5. The van der Waals surface area contributed by atoms with E-state index in [1.54, 1.807) is 42.5 Å². The van der Waals surface area contributed by atoms with Crippen molar-refractivity contribution in [2.24, 2.45) is 0 Å². The Kier molecular flexibility index (Phi) is 5.15. The molecule has 1 aliphatic carbocycles. The average Bonchev–Trinajstić information content (AvgIpc) is 3.11. The number of carbonyl (C=O) groups excluding carboxylic acids is 1. The molecule has 0 radical (unpaired) electrons. The summed E-state index contributed by atoms with van der Waals surface area (Å²) in [6.07, 6.45) is 4.31. The number of nitrogens with one attached hydrogen (secondary N) is 2. The van der Waals surface area contributed by atoms with Gasteiger partial charge in [-0.25, -0.2) is 13.4 Å². The number of benzene rings is 2. The van der Waals surface area contributed by atoms with Crippen LogP contribution in [0.4, 0.5) is 10.8 Å². The second-order valence-corrected chi connectivity index (χ2v) is 9.31. The summed E-state index contributed by atoms with van der Waals surface area (Å²) in [5, 5.41) is 3.46. The van der Waals surface area contributed by atoms with Crippen LogP contribution in [0.3, 0.4) is 0 Å². The van der Waals surface area contributed by atoms with E-state index in [1.165, 1.54) is 34.8 Å². The molecule has 1 amide bonds. The first-order valence-corrected chi connectivity index (χ1v) is 11.3. The molecule has 3 aromatic rings. The van der Waals surface area contributed by atoms with Crippen LogP contribution in [0.25, 0.3) is 0 Å². The van der Waals surface area contributed by atoms with E-state index < -0.39 is 10.0 Å². The summed E-state index contributed by atoms with van der Waals surface area (Å²) in [5.74, 6) is -0.261. The number of carbonyl (C=O) groups is 1. The molecule has 0 unspecified atom stereocenters. The first-order chi connectivity index (χ1) is 13.5. The van der Waals surface area contributed by atoms with Gasteiger partial charge in [0.15, 0.2) is 5.13 Å².